The zero-order valence-electron chi connectivity index (χ0n) is 10.6. The minimum Gasteiger partial charge on any atom is -0.379 e. The number of hydrogen-bond donors (Lipinski definition) is 2. The minimum absolute atomic E-state index is 0.712. The SMILES string of the molecule is CCNc1ncnc(NCCOCC2CC2)c1Br. The average molecular weight is 315 g/mol. The van der Waals surface area contributed by atoms with Crippen molar-refractivity contribution in [3.05, 3.63) is 10.8 Å². The Labute approximate surface area is 116 Å². The molecule has 0 spiro atoms. The summed E-state index contributed by atoms with van der Waals surface area (Å²) in [5.74, 6) is 2.43. The zero-order valence-corrected chi connectivity index (χ0v) is 12.2. The van der Waals surface area contributed by atoms with Crippen molar-refractivity contribution in [3.63, 3.8) is 0 Å². The van der Waals surface area contributed by atoms with Crippen molar-refractivity contribution in [1.29, 1.82) is 0 Å². The second-order valence-electron chi connectivity index (χ2n) is 4.36. The summed E-state index contributed by atoms with van der Waals surface area (Å²) in [4.78, 5) is 8.37. The molecule has 1 fully saturated rings. The summed E-state index contributed by atoms with van der Waals surface area (Å²) in [7, 11) is 0. The Balaban J connectivity index is 1.75. The first-order valence-electron chi connectivity index (χ1n) is 6.37. The molecule has 0 atom stereocenters. The molecule has 0 bridgehead atoms. The molecule has 0 radical (unpaired) electrons. The van der Waals surface area contributed by atoms with Crippen molar-refractivity contribution in [2.24, 2.45) is 5.92 Å². The van der Waals surface area contributed by atoms with Crippen LogP contribution in [-0.4, -0.2) is 36.3 Å². The van der Waals surface area contributed by atoms with Gasteiger partial charge in [-0.15, -0.1) is 0 Å². The zero-order chi connectivity index (χ0) is 12.8. The van der Waals surface area contributed by atoms with Gasteiger partial charge in [-0.05, 0) is 41.6 Å². The third-order valence-corrected chi connectivity index (χ3v) is 3.47. The molecular formula is C12H19BrN4O. The molecule has 0 saturated heterocycles. The summed E-state index contributed by atoms with van der Waals surface area (Å²) in [6, 6.07) is 0. The van der Waals surface area contributed by atoms with Crippen LogP contribution in [-0.2, 0) is 4.74 Å². The van der Waals surface area contributed by atoms with E-state index in [9.17, 15) is 0 Å². The van der Waals surface area contributed by atoms with E-state index in [2.05, 4.69) is 36.5 Å². The van der Waals surface area contributed by atoms with Crippen molar-refractivity contribution < 1.29 is 4.74 Å². The van der Waals surface area contributed by atoms with Gasteiger partial charge in [0.25, 0.3) is 0 Å². The lowest BCUT2D eigenvalue weighted by Gasteiger charge is -2.10. The summed E-state index contributed by atoms with van der Waals surface area (Å²) in [6.07, 6.45) is 4.21. The molecule has 0 aliphatic heterocycles. The van der Waals surface area contributed by atoms with Gasteiger partial charge in [0.1, 0.15) is 22.4 Å². The monoisotopic (exact) mass is 314 g/mol. The van der Waals surface area contributed by atoms with Crippen molar-refractivity contribution in [2.75, 3.05) is 36.9 Å². The smallest absolute Gasteiger partial charge is 0.146 e. The molecule has 0 amide bonds. The molecule has 100 valence electrons. The molecule has 2 rings (SSSR count). The quantitative estimate of drug-likeness (QED) is 0.722. The van der Waals surface area contributed by atoms with Gasteiger partial charge in [-0.25, -0.2) is 9.97 Å². The fourth-order valence-electron chi connectivity index (χ4n) is 1.56. The second-order valence-corrected chi connectivity index (χ2v) is 5.15. The van der Waals surface area contributed by atoms with E-state index in [0.29, 0.717) is 6.61 Å². The van der Waals surface area contributed by atoms with Gasteiger partial charge in [-0.2, -0.15) is 0 Å². The maximum atomic E-state index is 5.56. The van der Waals surface area contributed by atoms with Gasteiger partial charge in [-0.1, -0.05) is 0 Å². The van der Waals surface area contributed by atoms with Gasteiger partial charge in [0.2, 0.25) is 0 Å². The lowest BCUT2D eigenvalue weighted by molar-refractivity contribution is 0.134. The fourth-order valence-corrected chi connectivity index (χ4v) is 2.05. The van der Waals surface area contributed by atoms with Crippen molar-refractivity contribution in [1.82, 2.24) is 9.97 Å². The lowest BCUT2D eigenvalue weighted by atomic mass is 10.4. The van der Waals surface area contributed by atoms with E-state index in [1.165, 1.54) is 12.8 Å². The van der Waals surface area contributed by atoms with Gasteiger partial charge >= 0.3 is 0 Å². The van der Waals surface area contributed by atoms with Crippen molar-refractivity contribution in [3.8, 4) is 0 Å². The van der Waals surface area contributed by atoms with Crippen LogP contribution in [0, 0.1) is 5.92 Å². The summed E-state index contributed by atoms with van der Waals surface area (Å²) >= 11 is 3.49. The molecule has 0 aromatic carbocycles. The molecule has 1 aromatic heterocycles. The van der Waals surface area contributed by atoms with Crippen molar-refractivity contribution in [2.45, 2.75) is 19.8 Å². The third-order valence-electron chi connectivity index (χ3n) is 2.72. The molecular weight excluding hydrogens is 296 g/mol. The highest BCUT2D eigenvalue weighted by Gasteiger charge is 2.20. The first-order chi connectivity index (χ1) is 8.81. The Kier molecular flexibility index (Phi) is 5.19. The number of ether oxygens (including phenoxy) is 1. The number of halogens is 1. The minimum atomic E-state index is 0.712. The fraction of sp³-hybridized carbons (Fsp3) is 0.667. The van der Waals surface area contributed by atoms with Crippen LogP contribution in [0.4, 0.5) is 11.6 Å². The molecule has 6 heteroatoms. The Morgan fingerprint density at radius 2 is 2.06 bits per heavy atom. The normalized spacial score (nSPS) is 14.6. The van der Waals surface area contributed by atoms with E-state index >= 15 is 0 Å². The molecule has 18 heavy (non-hydrogen) atoms. The van der Waals surface area contributed by atoms with Gasteiger partial charge in [-0.3, -0.25) is 0 Å². The van der Waals surface area contributed by atoms with E-state index in [1.54, 1.807) is 6.33 Å². The number of nitrogens with one attached hydrogen (secondary N) is 2. The van der Waals surface area contributed by atoms with Crippen LogP contribution in [0.5, 0.6) is 0 Å². The summed E-state index contributed by atoms with van der Waals surface area (Å²) in [5, 5.41) is 6.41. The third kappa shape index (κ3) is 4.10. The average Bonchev–Trinajstić information content (AvgIpc) is 3.17. The highest BCUT2D eigenvalue weighted by atomic mass is 79.9. The Bertz CT molecular complexity index is 384. The maximum Gasteiger partial charge on any atom is 0.146 e. The van der Waals surface area contributed by atoms with Crippen LogP contribution < -0.4 is 10.6 Å². The van der Waals surface area contributed by atoms with Crippen LogP contribution in [0.1, 0.15) is 19.8 Å². The first kappa shape index (κ1) is 13.5. The number of hydrogen-bond acceptors (Lipinski definition) is 5. The van der Waals surface area contributed by atoms with E-state index in [-0.39, 0.29) is 0 Å². The van der Waals surface area contributed by atoms with E-state index in [0.717, 1.165) is 41.7 Å². The van der Waals surface area contributed by atoms with Crippen LogP contribution in [0.3, 0.4) is 0 Å². The molecule has 5 nitrogen and oxygen atoms in total. The highest BCUT2D eigenvalue weighted by molar-refractivity contribution is 9.10. The van der Waals surface area contributed by atoms with Gasteiger partial charge in [0.05, 0.1) is 6.61 Å². The van der Waals surface area contributed by atoms with Gasteiger partial charge in [0.15, 0.2) is 0 Å². The molecule has 0 unspecified atom stereocenters. The predicted octanol–water partition coefficient (Wildman–Crippen LogP) is 2.51. The first-order valence-corrected chi connectivity index (χ1v) is 7.16. The van der Waals surface area contributed by atoms with Crippen LogP contribution >= 0.6 is 15.9 Å². The topological polar surface area (TPSA) is 59.1 Å². The predicted molar refractivity (Wildman–Crippen MR) is 75.9 cm³/mol. The highest BCUT2D eigenvalue weighted by Crippen LogP contribution is 2.29. The number of anilines is 2. The molecule has 1 saturated carbocycles. The largest absolute Gasteiger partial charge is 0.379 e. The van der Waals surface area contributed by atoms with Crippen molar-refractivity contribution >= 4 is 27.6 Å². The van der Waals surface area contributed by atoms with Crippen LogP contribution in [0.25, 0.3) is 0 Å². The lowest BCUT2D eigenvalue weighted by Crippen LogP contribution is -2.13. The van der Waals surface area contributed by atoms with Gasteiger partial charge in [0, 0.05) is 19.7 Å². The van der Waals surface area contributed by atoms with E-state index in [1.807, 2.05) is 6.92 Å². The number of nitrogens with zero attached hydrogens (tertiary/aromatic N) is 2. The Morgan fingerprint density at radius 3 is 2.72 bits per heavy atom. The molecule has 1 aromatic rings. The van der Waals surface area contributed by atoms with E-state index < -0.39 is 0 Å². The Hall–Kier alpha value is -0.880. The summed E-state index contributed by atoms with van der Waals surface area (Å²) in [6.45, 7) is 5.24. The standard InChI is InChI=1S/C12H19BrN4O/c1-2-14-11-10(13)12(17-8-16-11)15-5-6-18-7-9-3-4-9/h8-9H,2-7H2,1H3,(H2,14,15,16,17). The Morgan fingerprint density at radius 1 is 1.33 bits per heavy atom. The number of aromatic nitrogens is 2. The summed E-state index contributed by atoms with van der Waals surface area (Å²) in [5.41, 5.74) is 0. The second kappa shape index (κ2) is 6.89. The molecule has 1 aliphatic rings. The molecule has 1 heterocycles. The number of rotatable bonds is 8. The van der Waals surface area contributed by atoms with Crippen LogP contribution in [0.15, 0.2) is 10.8 Å². The maximum absolute atomic E-state index is 5.56. The summed E-state index contributed by atoms with van der Waals surface area (Å²) < 4.78 is 6.43. The van der Waals surface area contributed by atoms with Crippen LogP contribution in [0.2, 0.25) is 0 Å². The van der Waals surface area contributed by atoms with E-state index in [4.69, 9.17) is 4.74 Å². The molecule has 2 N–H and O–H groups in total. The van der Waals surface area contributed by atoms with Gasteiger partial charge < -0.3 is 15.4 Å². The molecule has 1 aliphatic carbocycles.